The van der Waals surface area contributed by atoms with Crippen molar-refractivity contribution >= 4 is 46.7 Å². The molecule has 1 aromatic rings. The second kappa shape index (κ2) is 6.99. The van der Waals surface area contributed by atoms with E-state index in [0.29, 0.717) is 29.5 Å². The number of rotatable bonds is 3. The van der Waals surface area contributed by atoms with Gasteiger partial charge in [0.05, 0.1) is 10.7 Å². The highest BCUT2D eigenvalue weighted by Gasteiger charge is 2.56. The lowest BCUT2D eigenvalue weighted by Gasteiger charge is -2.43. The molecule has 27 heavy (non-hydrogen) atoms. The Kier molecular flexibility index (Phi) is 5.16. The van der Waals surface area contributed by atoms with Crippen LogP contribution in [0.1, 0.15) is 40.0 Å². The highest BCUT2D eigenvalue weighted by atomic mass is 35.5. The Bertz CT molecular complexity index is 811. The van der Waals surface area contributed by atoms with E-state index >= 15 is 0 Å². The first kappa shape index (κ1) is 20.0. The minimum Gasteiger partial charge on any atom is -0.323 e. The zero-order valence-electron chi connectivity index (χ0n) is 15.6. The zero-order valence-corrected chi connectivity index (χ0v) is 17.1. The van der Waals surface area contributed by atoms with Crippen LogP contribution in [0.15, 0.2) is 18.2 Å². The van der Waals surface area contributed by atoms with Gasteiger partial charge in [0.1, 0.15) is 12.1 Å². The van der Waals surface area contributed by atoms with E-state index in [1.54, 1.807) is 12.1 Å². The molecule has 0 bridgehead atoms. The van der Waals surface area contributed by atoms with E-state index in [0.717, 1.165) is 11.3 Å². The van der Waals surface area contributed by atoms with Crippen LogP contribution in [0.25, 0.3) is 0 Å². The number of nitrogens with zero attached hydrogens (tertiary/aromatic N) is 1. The molecule has 0 aromatic heterocycles. The van der Waals surface area contributed by atoms with Crippen molar-refractivity contribution in [2.24, 2.45) is 11.3 Å². The van der Waals surface area contributed by atoms with E-state index in [1.165, 1.54) is 6.07 Å². The lowest BCUT2D eigenvalue weighted by atomic mass is 9.64. The number of hydrogen-bond donors (Lipinski definition) is 2. The molecule has 6 nitrogen and oxygen atoms in total. The predicted molar refractivity (Wildman–Crippen MR) is 105 cm³/mol. The SMILES string of the molecule is CC1CC(C)(C)CC2(C1)NC(=O)N(CC(=O)Nc1ccc(Cl)cc1Cl)C2=O. The van der Waals surface area contributed by atoms with E-state index in [-0.39, 0.29) is 22.9 Å². The van der Waals surface area contributed by atoms with Crippen LogP contribution in [0.3, 0.4) is 0 Å². The van der Waals surface area contributed by atoms with E-state index < -0.39 is 17.5 Å². The molecule has 2 N–H and O–H groups in total. The third-order valence-electron chi connectivity index (χ3n) is 5.13. The van der Waals surface area contributed by atoms with E-state index in [9.17, 15) is 14.4 Å². The van der Waals surface area contributed by atoms with Crippen molar-refractivity contribution in [2.75, 3.05) is 11.9 Å². The molecule has 3 rings (SSSR count). The topological polar surface area (TPSA) is 78.5 Å². The van der Waals surface area contributed by atoms with Crippen molar-refractivity contribution in [1.82, 2.24) is 10.2 Å². The summed E-state index contributed by atoms with van der Waals surface area (Å²) in [7, 11) is 0. The summed E-state index contributed by atoms with van der Waals surface area (Å²) in [5.74, 6) is -0.521. The first-order valence-electron chi connectivity index (χ1n) is 8.90. The number of nitrogens with one attached hydrogen (secondary N) is 2. The van der Waals surface area contributed by atoms with Crippen LogP contribution < -0.4 is 10.6 Å². The maximum atomic E-state index is 13.0. The molecule has 1 aliphatic carbocycles. The van der Waals surface area contributed by atoms with E-state index in [4.69, 9.17) is 23.2 Å². The second-order valence-corrected chi connectivity index (χ2v) is 9.27. The summed E-state index contributed by atoms with van der Waals surface area (Å²) in [5, 5.41) is 6.21. The number of halogens is 2. The monoisotopic (exact) mass is 411 g/mol. The smallest absolute Gasteiger partial charge is 0.323 e. The zero-order chi connectivity index (χ0) is 20.0. The van der Waals surface area contributed by atoms with Gasteiger partial charge in [0.25, 0.3) is 5.91 Å². The van der Waals surface area contributed by atoms with Crippen molar-refractivity contribution in [3.8, 4) is 0 Å². The molecule has 1 aliphatic heterocycles. The highest BCUT2D eigenvalue weighted by Crippen LogP contribution is 2.46. The normalized spacial score (nSPS) is 27.0. The quantitative estimate of drug-likeness (QED) is 0.735. The summed E-state index contributed by atoms with van der Waals surface area (Å²) in [6, 6.07) is 4.15. The van der Waals surface area contributed by atoms with Gasteiger partial charge in [-0.2, -0.15) is 0 Å². The largest absolute Gasteiger partial charge is 0.325 e. The summed E-state index contributed by atoms with van der Waals surface area (Å²) in [6.45, 7) is 5.92. The molecule has 1 heterocycles. The molecule has 1 spiro atoms. The Hall–Kier alpha value is -1.79. The first-order valence-corrected chi connectivity index (χ1v) is 9.66. The number of benzene rings is 1. The van der Waals surface area contributed by atoms with Crippen LogP contribution in [-0.2, 0) is 9.59 Å². The van der Waals surface area contributed by atoms with Gasteiger partial charge >= 0.3 is 6.03 Å². The van der Waals surface area contributed by atoms with Gasteiger partial charge in [-0.25, -0.2) is 4.79 Å². The number of hydrogen-bond acceptors (Lipinski definition) is 3. The fourth-order valence-corrected chi connectivity index (χ4v) is 5.03. The molecular formula is C19H23Cl2N3O3. The maximum absolute atomic E-state index is 13.0. The standard InChI is InChI=1S/C19H23Cl2N3O3/c1-11-7-18(2,3)10-19(8-11)16(26)24(17(27)23-19)9-15(25)22-14-5-4-12(20)6-13(14)21/h4-6,11H,7-10H2,1-3H3,(H,22,25)(H,23,27). The number of amides is 4. The van der Waals surface area contributed by atoms with Crippen molar-refractivity contribution in [2.45, 2.75) is 45.6 Å². The number of anilines is 1. The molecule has 0 radical (unpaired) electrons. The molecule has 1 saturated carbocycles. The predicted octanol–water partition coefficient (Wildman–Crippen LogP) is 4.07. The maximum Gasteiger partial charge on any atom is 0.325 e. The van der Waals surface area contributed by atoms with Gasteiger partial charge in [-0.3, -0.25) is 14.5 Å². The Labute approximate surface area is 168 Å². The molecule has 1 aromatic carbocycles. The van der Waals surface area contributed by atoms with Crippen molar-refractivity contribution < 1.29 is 14.4 Å². The van der Waals surface area contributed by atoms with Crippen LogP contribution in [0.2, 0.25) is 10.0 Å². The van der Waals surface area contributed by atoms with Gasteiger partial charge in [0, 0.05) is 5.02 Å². The summed E-state index contributed by atoms with van der Waals surface area (Å²) in [6.07, 6.45) is 2.14. The van der Waals surface area contributed by atoms with Gasteiger partial charge in [-0.05, 0) is 48.8 Å². The Balaban J connectivity index is 1.73. The highest BCUT2D eigenvalue weighted by molar-refractivity contribution is 6.36. The lowest BCUT2D eigenvalue weighted by molar-refractivity contribution is -0.136. The third-order valence-corrected chi connectivity index (χ3v) is 5.68. The molecule has 4 amide bonds. The molecule has 8 heteroatoms. The van der Waals surface area contributed by atoms with E-state index in [1.807, 2.05) is 0 Å². The van der Waals surface area contributed by atoms with Gasteiger partial charge in [-0.1, -0.05) is 44.0 Å². The summed E-state index contributed by atoms with van der Waals surface area (Å²) in [4.78, 5) is 38.9. The van der Waals surface area contributed by atoms with Crippen molar-refractivity contribution in [1.29, 1.82) is 0 Å². The number of imide groups is 1. The minimum atomic E-state index is -0.920. The summed E-state index contributed by atoms with van der Waals surface area (Å²) >= 11 is 11.9. The first-order chi connectivity index (χ1) is 12.5. The molecular weight excluding hydrogens is 389 g/mol. The lowest BCUT2D eigenvalue weighted by Crippen LogP contribution is -2.54. The second-order valence-electron chi connectivity index (χ2n) is 8.43. The molecule has 2 atom stereocenters. The summed E-state index contributed by atoms with van der Waals surface area (Å²) < 4.78 is 0. The average Bonchev–Trinajstić information content (AvgIpc) is 2.72. The molecule has 2 fully saturated rings. The van der Waals surface area contributed by atoms with Crippen molar-refractivity contribution in [3.63, 3.8) is 0 Å². The van der Waals surface area contributed by atoms with Crippen LogP contribution >= 0.6 is 23.2 Å². The Morgan fingerprint density at radius 3 is 2.63 bits per heavy atom. The third kappa shape index (κ3) is 4.06. The fraction of sp³-hybridized carbons (Fsp3) is 0.526. The Morgan fingerprint density at radius 1 is 1.30 bits per heavy atom. The van der Waals surface area contributed by atoms with Crippen LogP contribution in [-0.4, -0.2) is 34.8 Å². The van der Waals surface area contributed by atoms with E-state index in [2.05, 4.69) is 31.4 Å². The Morgan fingerprint density at radius 2 is 2.00 bits per heavy atom. The minimum absolute atomic E-state index is 0.0598. The van der Waals surface area contributed by atoms with Gasteiger partial charge in [-0.15, -0.1) is 0 Å². The average molecular weight is 412 g/mol. The number of carbonyl (C=O) groups is 3. The molecule has 1 saturated heterocycles. The van der Waals surface area contributed by atoms with Crippen LogP contribution in [0.5, 0.6) is 0 Å². The number of urea groups is 1. The van der Waals surface area contributed by atoms with Crippen LogP contribution in [0, 0.1) is 11.3 Å². The van der Waals surface area contributed by atoms with Gasteiger partial charge in [0.15, 0.2) is 0 Å². The van der Waals surface area contributed by atoms with Gasteiger partial charge < -0.3 is 10.6 Å². The summed E-state index contributed by atoms with van der Waals surface area (Å²) in [5.41, 5.74) is -0.605. The molecule has 2 unspecified atom stereocenters. The molecule has 146 valence electrons. The van der Waals surface area contributed by atoms with Crippen molar-refractivity contribution in [3.05, 3.63) is 28.2 Å². The van der Waals surface area contributed by atoms with Crippen LogP contribution in [0.4, 0.5) is 10.5 Å². The molecule has 2 aliphatic rings. The fourth-order valence-electron chi connectivity index (χ4n) is 4.57. The van der Waals surface area contributed by atoms with Gasteiger partial charge in [0.2, 0.25) is 5.91 Å². The number of carbonyl (C=O) groups excluding carboxylic acids is 3.